The predicted octanol–water partition coefficient (Wildman–Crippen LogP) is 4.68. The van der Waals surface area contributed by atoms with E-state index in [-0.39, 0.29) is 11.7 Å². The van der Waals surface area contributed by atoms with Crippen molar-refractivity contribution in [2.24, 2.45) is 0 Å². The summed E-state index contributed by atoms with van der Waals surface area (Å²) in [7, 11) is 0. The number of halogens is 1. The van der Waals surface area contributed by atoms with Gasteiger partial charge in [-0.1, -0.05) is 27.7 Å². The molecule has 0 saturated carbocycles. The highest BCUT2D eigenvalue weighted by Crippen LogP contribution is 2.26. The standard InChI is InChI=1S/C22H19BrN4O3S/c23-15-7-5-14(6-8-15)20-25-16(12-30-20)13-31-22-26-19-18(4-1-9-24-19)21(28)27(22)11-17-3-2-10-29-17/h1,4-9,12,17H,2-3,10-11,13H2. The second kappa shape index (κ2) is 8.94. The molecule has 1 unspecified atom stereocenters. The van der Waals surface area contributed by atoms with Crippen LogP contribution in [0.1, 0.15) is 18.5 Å². The molecule has 0 N–H and O–H groups in total. The van der Waals surface area contributed by atoms with Gasteiger partial charge in [0.05, 0.1) is 23.7 Å². The van der Waals surface area contributed by atoms with Gasteiger partial charge in [0.2, 0.25) is 5.89 Å². The second-order valence-electron chi connectivity index (χ2n) is 7.26. The molecule has 0 aliphatic carbocycles. The molecule has 158 valence electrons. The largest absolute Gasteiger partial charge is 0.444 e. The zero-order valence-electron chi connectivity index (χ0n) is 16.5. The van der Waals surface area contributed by atoms with Crippen molar-refractivity contribution in [2.45, 2.75) is 36.4 Å². The highest BCUT2D eigenvalue weighted by molar-refractivity contribution is 9.10. The van der Waals surface area contributed by atoms with Crippen molar-refractivity contribution in [1.82, 2.24) is 19.5 Å². The number of benzene rings is 1. The van der Waals surface area contributed by atoms with E-state index in [1.54, 1.807) is 29.2 Å². The summed E-state index contributed by atoms with van der Waals surface area (Å²) in [5.74, 6) is 1.09. The molecule has 1 atom stereocenters. The maximum Gasteiger partial charge on any atom is 0.263 e. The molecule has 0 spiro atoms. The van der Waals surface area contributed by atoms with Gasteiger partial charge < -0.3 is 9.15 Å². The fraction of sp³-hybridized carbons (Fsp3) is 0.273. The minimum Gasteiger partial charge on any atom is -0.444 e. The van der Waals surface area contributed by atoms with Crippen LogP contribution in [0.3, 0.4) is 0 Å². The Morgan fingerprint density at radius 3 is 2.87 bits per heavy atom. The monoisotopic (exact) mass is 498 g/mol. The van der Waals surface area contributed by atoms with Crippen LogP contribution in [0.4, 0.5) is 0 Å². The third-order valence-corrected chi connectivity index (χ3v) is 6.64. The Morgan fingerprint density at radius 1 is 1.19 bits per heavy atom. The van der Waals surface area contributed by atoms with Crippen LogP contribution in [0.5, 0.6) is 0 Å². The molecule has 31 heavy (non-hydrogen) atoms. The van der Waals surface area contributed by atoms with Crippen LogP contribution in [-0.4, -0.2) is 32.2 Å². The summed E-state index contributed by atoms with van der Waals surface area (Å²) in [5, 5.41) is 1.13. The number of pyridine rings is 1. The van der Waals surface area contributed by atoms with Crippen molar-refractivity contribution < 1.29 is 9.15 Å². The molecule has 3 aromatic heterocycles. The lowest BCUT2D eigenvalue weighted by Crippen LogP contribution is -2.29. The summed E-state index contributed by atoms with van der Waals surface area (Å²) < 4.78 is 14.1. The van der Waals surface area contributed by atoms with Crippen molar-refractivity contribution in [1.29, 1.82) is 0 Å². The van der Waals surface area contributed by atoms with E-state index >= 15 is 0 Å². The van der Waals surface area contributed by atoms with E-state index in [0.29, 0.717) is 34.4 Å². The Hall–Kier alpha value is -2.49. The quantitative estimate of drug-likeness (QED) is 0.281. The van der Waals surface area contributed by atoms with E-state index in [1.165, 1.54) is 11.8 Å². The lowest BCUT2D eigenvalue weighted by Gasteiger charge is -2.15. The Labute approximate surface area is 191 Å². The molecule has 0 radical (unpaired) electrons. The zero-order chi connectivity index (χ0) is 21.2. The van der Waals surface area contributed by atoms with Crippen LogP contribution < -0.4 is 5.56 Å². The maximum absolute atomic E-state index is 13.1. The number of rotatable bonds is 6. The van der Waals surface area contributed by atoms with Crippen LogP contribution in [0.25, 0.3) is 22.5 Å². The van der Waals surface area contributed by atoms with Crippen molar-refractivity contribution >= 4 is 38.7 Å². The van der Waals surface area contributed by atoms with Gasteiger partial charge in [-0.3, -0.25) is 9.36 Å². The summed E-state index contributed by atoms with van der Waals surface area (Å²) >= 11 is 4.88. The molecular formula is C22H19BrN4O3S. The van der Waals surface area contributed by atoms with Crippen molar-refractivity contribution in [3.8, 4) is 11.5 Å². The molecule has 1 fully saturated rings. The normalized spacial score (nSPS) is 16.2. The number of hydrogen-bond donors (Lipinski definition) is 0. The van der Waals surface area contributed by atoms with Gasteiger partial charge in [0, 0.05) is 28.6 Å². The first kappa shape index (κ1) is 20.4. The average molecular weight is 499 g/mol. The van der Waals surface area contributed by atoms with Crippen molar-refractivity contribution in [3.63, 3.8) is 0 Å². The number of oxazole rings is 1. The van der Waals surface area contributed by atoms with Gasteiger partial charge in [0.15, 0.2) is 10.8 Å². The summed E-state index contributed by atoms with van der Waals surface area (Å²) in [6.45, 7) is 1.23. The first-order chi connectivity index (χ1) is 15.2. The Bertz CT molecular complexity index is 1270. The average Bonchev–Trinajstić information content (AvgIpc) is 3.47. The van der Waals surface area contributed by atoms with Crippen molar-refractivity contribution in [2.75, 3.05) is 6.61 Å². The molecule has 0 bridgehead atoms. The Balaban J connectivity index is 1.41. The first-order valence-corrected chi connectivity index (χ1v) is 11.8. The van der Waals surface area contributed by atoms with E-state index in [4.69, 9.17) is 9.15 Å². The first-order valence-electron chi connectivity index (χ1n) is 9.98. The lowest BCUT2D eigenvalue weighted by molar-refractivity contribution is 0.0937. The minimum absolute atomic E-state index is 0.0315. The molecule has 1 aliphatic rings. The number of hydrogen-bond acceptors (Lipinski definition) is 7. The molecule has 0 amide bonds. The number of aromatic nitrogens is 4. The van der Waals surface area contributed by atoms with Gasteiger partial charge in [0.1, 0.15) is 6.26 Å². The van der Waals surface area contributed by atoms with Gasteiger partial charge >= 0.3 is 0 Å². The minimum atomic E-state index is -0.0909. The number of ether oxygens (including phenoxy) is 1. The van der Waals surface area contributed by atoms with Crippen LogP contribution in [0.2, 0.25) is 0 Å². The zero-order valence-corrected chi connectivity index (χ0v) is 18.9. The van der Waals surface area contributed by atoms with Crippen LogP contribution in [0, 0.1) is 0 Å². The fourth-order valence-corrected chi connectivity index (χ4v) is 4.67. The predicted molar refractivity (Wildman–Crippen MR) is 122 cm³/mol. The van der Waals surface area contributed by atoms with Gasteiger partial charge in [-0.2, -0.15) is 0 Å². The van der Waals surface area contributed by atoms with E-state index in [1.807, 2.05) is 24.3 Å². The summed E-state index contributed by atoms with van der Waals surface area (Å²) in [4.78, 5) is 26.7. The highest BCUT2D eigenvalue weighted by Gasteiger charge is 2.21. The molecule has 4 aromatic rings. The Morgan fingerprint density at radius 2 is 2.06 bits per heavy atom. The maximum atomic E-state index is 13.1. The Kier molecular flexibility index (Phi) is 5.89. The third kappa shape index (κ3) is 4.44. The van der Waals surface area contributed by atoms with Crippen LogP contribution >= 0.6 is 27.7 Å². The highest BCUT2D eigenvalue weighted by atomic mass is 79.9. The SMILES string of the molecule is O=c1c2cccnc2nc(SCc2coc(-c3ccc(Br)cc3)n2)n1CC1CCCO1. The second-order valence-corrected chi connectivity index (χ2v) is 9.12. The number of thioether (sulfide) groups is 1. The molecule has 1 aliphatic heterocycles. The van der Waals surface area contributed by atoms with E-state index < -0.39 is 0 Å². The van der Waals surface area contributed by atoms with Gasteiger partial charge in [0.25, 0.3) is 5.56 Å². The molecule has 1 saturated heterocycles. The van der Waals surface area contributed by atoms with E-state index in [9.17, 15) is 4.79 Å². The van der Waals surface area contributed by atoms with Crippen LogP contribution in [0.15, 0.2) is 67.7 Å². The molecule has 1 aromatic carbocycles. The third-order valence-electron chi connectivity index (χ3n) is 5.10. The summed E-state index contributed by atoms with van der Waals surface area (Å²) in [6.07, 6.45) is 5.29. The molecule has 5 rings (SSSR count). The fourth-order valence-electron chi connectivity index (χ4n) is 3.54. The van der Waals surface area contributed by atoms with Crippen LogP contribution in [-0.2, 0) is 17.0 Å². The molecule has 7 nitrogen and oxygen atoms in total. The van der Waals surface area contributed by atoms with E-state index in [2.05, 4.69) is 30.9 Å². The molecular weight excluding hydrogens is 480 g/mol. The van der Waals surface area contributed by atoms with E-state index in [0.717, 1.165) is 35.2 Å². The lowest BCUT2D eigenvalue weighted by atomic mass is 10.2. The van der Waals surface area contributed by atoms with Gasteiger partial charge in [-0.05, 0) is 49.2 Å². The van der Waals surface area contributed by atoms with Crippen molar-refractivity contribution in [3.05, 3.63) is 69.4 Å². The van der Waals surface area contributed by atoms with Gasteiger partial charge in [-0.25, -0.2) is 15.0 Å². The summed E-state index contributed by atoms with van der Waals surface area (Å²) in [6, 6.07) is 11.3. The molecule has 9 heteroatoms. The number of fused-ring (bicyclic) bond motifs is 1. The number of nitrogens with zero attached hydrogens (tertiary/aromatic N) is 4. The smallest absolute Gasteiger partial charge is 0.263 e. The summed E-state index contributed by atoms with van der Waals surface area (Å²) in [5.41, 5.74) is 2.05. The topological polar surface area (TPSA) is 83.0 Å². The van der Waals surface area contributed by atoms with Gasteiger partial charge in [-0.15, -0.1) is 0 Å². The molecule has 4 heterocycles.